The molecule has 0 aliphatic heterocycles. The minimum Gasteiger partial charge on any atom is -0.326 e. The van der Waals surface area contributed by atoms with Crippen molar-refractivity contribution >= 4 is 29.3 Å². The van der Waals surface area contributed by atoms with Crippen LogP contribution in [0.3, 0.4) is 0 Å². The summed E-state index contributed by atoms with van der Waals surface area (Å²) >= 11 is 0. The van der Waals surface area contributed by atoms with Crippen LogP contribution < -0.4 is 10.6 Å². The van der Waals surface area contributed by atoms with Gasteiger partial charge in [0.1, 0.15) is 0 Å². The van der Waals surface area contributed by atoms with E-state index in [1.54, 1.807) is 38.1 Å². The van der Waals surface area contributed by atoms with Crippen LogP contribution in [0.15, 0.2) is 54.6 Å². The molecule has 0 saturated carbocycles. The van der Waals surface area contributed by atoms with Gasteiger partial charge in [-0.15, -0.1) is 0 Å². The zero-order valence-electron chi connectivity index (χ0n) is 14.8. The number of anilines is 2. The van der Waals surface area contributed by atoms with E-state index in [1.807, 2.05) is 0 Å². The van der Waals surface area contributed by atoms with Gasteiger partial charge in [-0.05, 0) is 48.0 Å². The topological polar surface area (TPSA) is 58.2 Å². The average Bonchev–Trinajstić information content (AvgIpc) is 2.61. The molecule has 0 saturated heterocycles. The monoisotopic (exact) mass is 376 g/mol. The Bertz CT molecular complexity index is 824. The van der Waals surface area contributed by atoms with Gasteiger partial charge >= 0.3 is 6.18 Å². The van der Waals surface area contributed by atoms with Gasteiger partial charge in [-0.1, -0.05) is 26.0 Å². The smallest absolute Gasteiger partial charge is 0.326 e. The molecule has 2 aromatic carbocycles. The third-order valence-electron chi connectivity index (χ3n) is 3.61. The van der Waals surface area contributed by atoms with Crippen LogP contribution in [0, 0.1) is 5.92 Å². The van der Waals surface area contributed by atoms with E-state index in [9.17, 15) is 22.8 Å². The first kappa shape index (κ1) is 20.2. The van der Waals surface area contributed by atoms with Gasteiger partial charge in [-0.25, -0.2) is 0 Å². The summed E-state index contributed by atoms with van der Waals surface area (Å²) in [6.45, 7) is 3.57. The van der Waals surface area contributed by atoms with Crippen molar-refractivity contribution in [1.82, 2.24) is 0 Å². The van der Waals surface area contributed by atoms with E-state index < -0.39 is 17.6 Å². The molecule has 0 spiro atoms. The number of nitrogens with one attached hydrogen (secondary N) is 2. The second-order valence-corrected chi connectivity index (χ2v) is 6.16. The molecule has 0 aliphatic rings. The number of benzene rings is 2. The Labute approximate surface area is 155 Å². The molecule has 2 N–H and O–H groups in total. The van der Waals surface area contributed by atoms with E-state index in [1.165, 1.54) is 24.3 Å². The van der Waals surface area contributed by atoms with Crippen LogP contribution in [0.5, 0.6) is 0 Å². The van der Waals surface area contributed by atoms with E-state index >= 15 is 0 Å². The highest BCUT2D eigenvalue weighted by molar-refractivity contribution is 6.02. The third kappa shape index (κ3) is 6.29. The predicted octanol–water partition coefficient (Wildman–Crippen LogP) is 4.95. The molecule has 7 heteroatoms. The molecule has 0 aromatic heterocycles. The van der Waals surface area contributed by atoms with Gasteiger partial charge in [-0.2, -0.15) is 13.2 Å². The van der Waals surface area contributed by atoms with Gasteiger partial charge in [0.25, 0.3) is 0 Å². The van der Waals surface area contributed by atoms with Gasteiger partial charge in [0.05, 0.1) is 5.56 Å². The fourth-order valence-corrected chi connectivity index (χ4v) is 2.06. The van der Waals surface area contributed by atoms with E-state index in [4.69, 9.17) is 0 Å². The summed E-state index contributed by atoms with van der Waals surface area (Å²) in [5.41, 5.74) is 0.880. The molecule has 0 fully saturated rings. The molecule has 142 valence electrons. The second-order valence-electron chi connectivity index (χ2n) is 6.16. The van der Waals surface area contributed by atoms with Crippen molar-refractivity contribution in [2.75, 3.05) is 10.6 Å². The van der Waals surface area contributed by atoms with Crippen LogP contribution >= 0.6 is 0 Å². The lowest BCUT2D eigenvalue weighted by Crippen LogP contribution is -2.17. The highest BCUT2D eigenvalue weighted by Gasteiger charge is 2.29. The third-order valence-corrected chi connectivity index (χ3v) is 3.61. The number of alkyl halides is 3. The standard InChI is InChI=1S/C20H19F3N2O2/c1-13(2)19(27)25-17-10-8-16(9-11-17)24-18(26)12-5-14-3-6-15(7-4-14)20(21,22)23/h3-13H,1-2H3,(H,24,26)(H,25,27)/b12-5+. The molecule has 2 aromatic rings. The molecule has 4 nitrogen and oxygen atoms in total. The van der Waals surface area contributed by atoms with Crippen LogP contribution in [-0.4, -0.2) is 11.8 Å². The Hall–Kier alpha value is -3.09. The van der Waals surface area contributed by atoms with E-state index in [2.05, 4.69) is 10.6 Å². The van der Waals surface area contributed by atoms with E-state index in [-0.39, 0.29) is 11.8 Å². The lowest BCUT2D eigenvalue weighted by atomic mass is 10.1. The summed E-state index contributed by atoms with van der Waals surface area (Å²) in [6, 6.07) is 11.1. The van der Waals surface area contributed by atoms with Crippen molar-refractivity contribution in [1.29, 1.82) is 0 Å². The number of hydrogen-bond donors (Lipinski definition) is 2. The van der Waals surface area contributed by atoms with Crippen molar-refractivity contribution in [2.45, 2.75) is 20.0 Å². The molecule has 0 unspecified atom stereocenters. The summed E-state index contributed by atoms with van der Waals surface area (Å²) in [4.78, 5) is 23.5. The Morgan fingerprint density at radius 2 is 1.41 bits per heavy atom. The maximum Gasteiger partial charge on any atom is 0.416 e. The zero-order valence-corrected chi connectivity index (χ0v) is 14.8. The molecule has 0 atom stereocenters. The van der Waals surface area contributed by atoms with Gasteiger partial charge in [-0.3, -0.25) is 9.59 Å². The maximum absolute atomic E-state index is 12.5. The number of rotatable bonds is 5. The molecule has 27 heavy (non-hydrogen) atoms. The predicted molar refractivity (Wildman–Crippen MR) is 99.0 cm³/mol. The molecule has 0 bridgehead atoms. The number of halogens is 3. The summed E-state index contributed by atoms with van der Waals surface area (Å²) in [7, 11) is 0. The first-order valence-corrected chi connectivity index (χ1v) is 8.22. The minimum absolute atomic E-state index is 0.105. The second kappa shape index (κ2) is 8.53. The average molecular weight is 376 g/mol. The normalized spacial score (nSPS) is 11.6. The molecule has 2 amide bonds. The van der Waals surface area contributed by atoms with Gasteiger partial charge < -0.3 is 10.6 Å². The number of hydrogen-bond acceptors (Lipinski definition) is 2. The quantitative estimate of drug-likeness (QED) is 0.726. The maximum atomic E-state index is 12.5. The Balaban J connectivity index is 1.93. The Kier molecular flexibility index (Phi) is 6.39. The highest BCUT2D eigenvalue weighted by Crippen LogP contribution is 2.29. The van der Waals surface area contributed by atoms with Crippen LogP contribution in [0.1, 0.15) is 25.0 Å². The fourth-order valence-electron chi connectivity index (χ4n) is 2.06. The van der Waals surface area contributed by atoms with Crippen molar-refractivity contribution in [3.8, 4) is 0 Å². The number of carbonyl (C=O) groups is 2. The summed E-state index contributed by atoms with van der Waals surface area (Å²) in [6.07, 6.45) is -1.73. The molecule has 0 aliphatic carbocycles. The van der Waals surface area contributed by atoms with Crippen LogP contribution in [0.2, 0.25) is 0 Å². The molecule has 0 radical (unpaired) electrons. The minimum atomic E-state index is -4.39. The molecular weight excluding hydrogens is 357 g/mol. The van der Waals surface area contributed by atoms with Crippen molar-refractivity contribution in [3.63, 3.8) is 0 Å². The Morgan fingerprint density at radius 3 is 1.89 bits per heavy atom. The first-order chi connectivity index (χ1) is 12.6. The van der Waals surface area contributed by atoms with Crippen molar-refractivity contribution in [3.05, 3.63) is 65.7 Å². The SMILES string of the molecule is CC(C)C(=O)Nc1ccc(NC(=O)/C=C/c2ccc(C(F)(F)F)cc2)cc1. The van der Waals surface area contributed by atoms with Crippen molar-refractivity contribution in [2.24, 2.45) is 5.92 Å². The van der Waals surface area contributed by atoms with Crippen LogP contribution in [-0.2, 0) is 15.8 Å². The van der Waals surface area contributed by atoms with Crippen LogP contribution in [0.4, 0.5) is 24.5 Å². The van der Waals surface area contributed by atoms with Gasteiger partial charge in [0.15, 0.2) is 0 Å². The first-order valence-electron chi connectivity index (χ1n) is 8.22. The molecule has 2 rings (SSSR count). The lowest BCUT2D eigenvalue weighted by molar-refractivity contribution is -0.137. The number of amides is 2. The zero-order chi connectivity index (χ0) is 20.0. The van der Waals surface area contributed by atoms with E-state index in [0.717, 1.165) is 12.1 Å². The summed E-state index contributed by atoms with van der Waals surface area (Å²) in [5, 5.41) is 5.37. The largest absolute Gasteiger partial charge is 0.416 e. The molecular formula is C20H19F3N2O2. The summed E-state index contributed by atoms with van der Waals surface area (Å²) < 4.78 is 37.5. The van der Waals surface area contributed by atoms with Crippen molar-refractivity contribution < 1.29 is 22.8 Å². The van der Waals surface area contributed by atoms with E-state index in [0.29, 0.717) is 16.9 Å². The van der Waals surface area contributed by atoms with Gasteiger partial charge in [0, 0.05) is 23.4 Å². The Morgan fingerprint density at radius 1 is 0.889 bits per heavy atom. The lowest BCUT2D eigenvalue weighted by Gasteiger charge is -2.08. The van der Waals surface area contributed by atoms with Gasteiger partial charge in [0.2, 0.25) is 11.8 Å². The highest BCUT2D eigenvalue weighted by atomic mass is 19.4. The molecule has 0 heterocycles. The van der Waals surface area contributed by atoms with Crippen LogP contribution in [0.25, 0.3) is 6.08 Å². The summed E-state index contributed by atoms with van der Waals surface area (Å²) in [5.74, 6) is -0.667. The number of carbonyl (C=O) groups excluding carboxylic acids is 2. The fraction of sp³-hybridized carbons (Fsp3) is 0.200.